The molecule has 30 heavy (non-hydrogen) atoms. The molecule has 1 aliphatic heterocycles. The first-order chi connectivity index (χ1) is 14.4. The van der Waals surface area contributed by atoms with Gasteiger partial charge in [-0.05, 0) is 75.4 Å². The van der Waals surface area contributed by atoms with Crippen molar-refractivity contribution in [3.8, 4) is 0 Å². The van der Waals surface area contributed by atoms with Crippen molar-refractivity contribution in [1.82, 2.24) is 14.5 Å². The lowest BCUT2D eigenvalue weighted by atomic mass is 9.96. The lowest BCUT2D eigenvalue weighted by Crippen LogP contribution is -2.41. The van der Waals surface area contributed by atoms with Gasteiger partial charge in [0.15, 0.2) is 0 Å². The van der Waals surface area contributed by atoms with Crippen LogP contribution < -0.4 is 0 Å². The zero-order valence-electron chi connectivity index (χ0n) is 17.9. The Kier molecular flexibility index (Phi) is 6.00. The molecule has 1 fully saturated rings. The Bertz CT molecular complexity index is 995. The molecule has 1 aliphatic rings. The Morgan fingerprint density at radius 3 is 2.57 bits per heavy atom. The van der Waals surface area contributed by atoms with E-state index in [0.717, 1.165) is 50.8 Å². The molecule has 0 saturated carbocycles. The van der Waals surface area contributed by atoms with Gasteiger partial charge in [0.05, 0.1) is 0 Å². The SMILES string of the molecule is CC(C)(F)CN1CCC(Cn2cc(Cc3ccc(C=O)cc3)c3cccnc32)CC1. The van der Waals surface area contributed by atoms with Crippen LogP contribution in [-0.4, -0.2) is 46.0 Å². The van der Waals surface area contributed by atoms with Crippen molar-refractivity contribution in [2.24, 2.45) is 5.92 Å². The van der Waals surface area contributed by atoms with Crippen LogP contribution in [0, 0.1) is 5.92 Å². The van der Waals surface area contributed by atoms with Gasteiger partial charge in [-0.15, -0.1) is 0 Å². The highest BCUT2D eigenvalue weighted by molar-refractivity contribution is 5.81. The summed E-state index contributed by atoms with van der Waals surface area (Å²) in [5.41, 5.74) is 3.04. The topological polar surface area (TPSA) is 38.1 Å². The normalized spacial score (nSPS) is 16.2. The number of likely N-dealkylation sites (tertiary alicyclic amines) is 1. The molecule has 0 bridgehead atoms. The number of piperidine rings is 1. The Balaban J connectivity index is 1.48. The van der Waals surface area contributed by atoms with Gasteiger partial charge < -0.3 is 9.47 Å². The molecule has 158 valence electrons. The summed E-state index contributed by atoms with van der Waals surface area (Å²) in [4.78, 5) is 17.8. The van der Waals surface area contributed by atoms with E-state index in [4.69, 9.17) is 0 Å². The fourth-order valence-corrected chi connectivity index (χ4v) is 4.55. The Morgan fingerprint density at radius 1 is 1.17 bits per heavy atom. The van der Waals surface area contributed by atoms with E-state index in [9.17, 15) is 9.18 Å². The molecule has 0 radical (unpaired) electrons. The van der Waals surface area contributed by atoms with Crippen molar-refractivity contribution in [3.05, 3.63) is 65.5 Å². The van der Waals surface area contributed by atoms with Crippen LogP contribution in [0.4, 0.5) is 4.39 Å². The van der Waals surface area contributed by atoms with E-state index in [1.54, 1.807) is 13.8 Å². The van der Waals surface area contributed by atoms with Crippen LogP contribution in [0.15, 0.2) is 48.8 Å². The van der Waals surface area contributed by atoms with E-state index in [2.05, 4.69) is 26.7 Å². The number of aldehydes is 1. The molecule has 0 aliphatic carbocycles. The van der Waals surface area contributed by atoms with Crippen LogP contribution in [0.5, 0.6) is 0 Å². The first kappa shape index (κ1) is 20.7. The van der Waals surface area contributed by atoms with Gasteiger partial charge in [-0.1, -0.05) is 24.3 Å². The monoisotopic (exact) mass is 407 g/mol. The van der Waals surface area contributed by atoms with Crippen LogP contribution in [0.1, 0.15) is 48.2 Å². The van der Waals surface area contributed by atoms with Crippen molar-refractivity contribution < 1.29 is 9.18 Å². The van der Waals surface area contributed by atoms with E-state index < -0.39 is 5.67 Å². The number of halogens is 1. The molecule has 1 saturated heterocycles. The standard InChI is InChI=1S/C25H30FN3O/c1-25(2,26)18-28-12-9-20(10-13-28)15-29-16-22(23-4-3-11-27-24(23)29)14-19-5-7-21(17-30)8-6-19/h3-8,11,16-17,20H,9-10,12-15,18H2,1-2H3. The van der Waals surface area contributed by atoms with Gasteiger partial charge in [-0.3, -0.25) is 4.79 Å². The van der Waals surface area contributed by atoms with Gasteiger partial charge in [0, 0.05) is 36.4 Å². The zero-order chi connectivity index (χ0) is 21.1. The number of pyridine rings is 1. The molecular weight excluding hydrogens is 377 g/mol. The minimum atomic E-state index is -1.13. The maximum absolute atomic E-state index is 13.9. The molecule has 4 nitrogen and oxygen atoms in total. The third-order valence-corrected chi connectivity index (χ3v) is 5.99. The Hall–Kier alpha value is -2.53. The summed E-state index contributed by atoms with van der Waals surface area (Å²) in [6.45, 7) is 6.70. The van der Waals surface area contributed by atoms with Crippen molar-refractivity contribution in [2.45, 2.75) is 45.3 Å². The predicted molar refractivity (Wildman–Crippen MR) is 119 cm³/mol. The van der Waals surface area contributed by atoms with Gasteiger partial charge in [0.2, 0.25) is 0 Å². The quantitative estimate of drug-likeness (QED) is 0.523. The average Bonchev–Trinajstić information content (AvgIpc) is 3.06. The number of fused-ring (bicyclic) bond motifs is 1. The average molecular weight is 408 g/mol. The minimum absolute atomic E-state index is 0.515. The lowest BCUT2D eigenvalue weighted by Gasteiger charge is -2.34. The van der Waals surface area contributed by atoms with Crippen LogP contribution in [-0.2, 0) is 13.0 Å². The van der Waals surface area contributed by atoms with E-state index in [1.165, 1.54) is 16.5 Å². The maximum Gasteiger partial charge on any atom is 0.150 e. The lowest BCUT2D eigenvalue weighted by molar-refractivity contribution is 0.0927. The van der Waals surface area contributed by atoms with Crippen LogP contribution in [0.25, 0.3) is 11.0 Å². The molecule has 0 atom stereocenters. The van der Waals surface area contributed by atoms with Gasteiger partial charge >= 0.3 is 0 Å². The summed E-state index contributed by atoms with van der Waals surface area (Å²) in [7, 11) is 0. The summed E-state index contributed by atoms with van der Waals surface area (Å²) in [6, 6.07) is 11.9. The first-order valence-corrected chi connectivity index (χ1v) is 10.8. The molecule has 3 heterocycles. The number of carbonyl (C=O) groups excluding carboxylic acids is 1. The van der Waals surface area contributed by atoms with Crippen LogP contribution in [0.3, 0.4) is 0 Å². The Morgan fingerprint density at radius 2 is 1.90 bits per heavy atom. The Labute approximate surface area is 177 Å². The molecule has 0 amide bonds. The van der Waals surface area contributed by atoms with Crippen molar-refractivity contribution >= 4 is 17.3 Å². The summed E-state index contributed by atoms with van der Waals surface area (Å²) >= 11 is 0. The predicted octanol–water partition coefficient (Wildman–Crippen LogP) is 4.90. The van der Waals surface area contributed by atoms with Crippen molar-refractivity contribution in [3.63, 3.8) is 0 Å². The molecule has 2 aromatic heterocycles. The second-order valence-electron chi connectivity index (χ2n) is 9.16. The van der Waals surface area contributed by atoms with E-state index in [1.807, 2.05) is 36.5 Å². The van der Waals surface area contributed by atoms with Gasteiger partial charge in [-0.2, -0.15) is 0 Å². The molecule has 0 N–H and O–H groups in total. The van der Waals surface area contributed by atoms with Crippen LogP contribution >= 0.6 is 0 Å². The van der Waals surface area contributed by atoms with E-state index >= 15 is 0 Å². The minimum Gasteiger partial charge on any atom is -0.332 e. The summed E-state index contributed by atoms with van der Waals surface area (Å²) in [5, 5.41) is 1.19. The number of hydrogen-bond acceptors (Lipinski definition) is 3. The molecule has 5 heteroatoms. The summed E-state index contributed by atoms with van der Waals surface area (Å²) in [5.74, 6) is 0.585. The number of nitrogens with zero attached hydrogens (tertiary/aromatic N) is 3. The molecular formula is C25H30FN3O. The van der Waals surface area contributed by atoms with Crippen molar-refractivity contribution in [1.29, 1.82) is 0 Å². The highest BCUT2D eigenvalue weighted by Crippen LogP contribution is 2.27. The number of alkyl halides is 1. The summed E-state index contributed by atoms with van der Waals surface area (Å²) < 4.78 is 16.2. The highest BCUT2D eigenvalue weighted by Gasteiger charge is 2.25. The number of rotatable bonds is 7. The molecule has 1 aromatic carbocycles. The molecule has 0 unspecified atom stereocenters. The second-order valence-corrected chi connectivity index (χ2v) is 9.16. The van der Waals surface area contributed by atoms with Gasteiger partial charge in [0.25, 0.3) is 0 Å². The fraction of sp³-hybridized carbons (Fsp3) is 0.440. The second kappa shape index (κ2) is 8.68. The maximum atomic E-state index is 13.9. The van der Waals surface area contributed by atoms with Gasteiger partial charge in [0.1, 0.15) is 17.6 Å². The van der Waals surface area contributed by atoms with Crippen LogP contribution in [0.2, 0.25) is 0 Å². The van der Waals surface area contributed by atoms with Crippen molar-refractivity contribution in [2.75, 3.05) is 19.6 Å². The zero-order valence-corrected chi connectivity index (χ0v) is 17.9. The van der Waals surface area contributed by atoms with E-state index in [0.29, 0.717) is 18.0 Å². The number of carbonyl (C=O) groups is 1. The molecule has 3 aromatic rings. The number of aromatic nitrogens is 2. The first-order valence-electron chi connectivity index (χ1n) is 10.8. The number of benzene rings is 1. The largest absolute Gasteiger partial charge is 0.332 e. The number of hydrogen-bond donors (Lipinski definition) is 0. The molecule has 0 spiro atoms. The smallest absolute Gasteiger partial charge is 0.150 e. The third-order valence-electron chi connectivity index (χ3n) is 5.99. The third kappa shape index (κ3) is 4.96. The summed E-state index contributed by atoms with van der Waals surface area (Å²) in [6.07, 6.45) is 7.96. The van der Waals surface area contributed by atoms with E-state index in [-0.39, 0.29) is 0 Å². The van der Waals surface area contributed by atoms with Gasteiger partial charge in [-0.25, -0.2) is 9.37 Å². The fourth-order valence-electron chi connectivity index (χ4n) is 4.55. The highest BCUT2D eigenvalue weighted by atomic mass is 19.1. The molecule has 4 rings (SSSR count).